The molecule has 0 aliphatic heterocycles. The van der Waals surface area contributed by atoms with Crippen LogP contribution in [0.25, 0.3) is 0 Å². The molecule has 2 rings (SSSR count). The number of rotatable bonds is 2. The Morgan fingerprint density at radius 1 is 0.800 bits per heavy atom. The fourth-order valence-electron chi connectivity index (χ4n) is 2.70. The normalized spacial score (nSPS) is 26.5. The molecule has 0 radical (unpaired) electrons. The first kappa shape index (κ1) is 11.5. The smallest absolute Gasteiger partial charge is 0.132 e. The van der Waals surface area contributed by atoms with Gasteiger partial charge in [0.05, 0.1) is 0 Å². The summed E-state index contributed by atoms with van der Waals surface area (Å²) < 4.78 is 0. The summed E-state index contributed by atoms with van der Waals surface area (Å²) >= 11 is 2.20. The van der Waals surface area contributed by atoms with Gasteiger partial charge in [-0.05, 0) is 25.7 Å². The monoisotopic (exact) mass is 226 g/mol. The van der Waals surface area contributed by atoms with Crippen LogP contribution in [0.2, 0.25) is 0 Å². The van der Waals surface area contributed by atoms with E-state index in [1.807, 2.05) is 0 Å². The highest BCUT2D eigenvalue weighted by Crippen LogP contribution is 2.35. The van der Waals surface area contributed by atoms with Gasteiger partial charge in [0.25, 0.3) is 0 Å². The summed E-state index contributed by atoms with van der Waals surface area (Å²) in [6, 6.07) is 0. The zero-order valence-corrected chi connectivity index (χ0v) is 10.4. The minimum atomic E-state index is 0.493. The third-order valence-corrected chi connectivity index (χ3v) is 5.39. The van der Waals surface area contributed by atoms with Crippen LogP contribution in [0.5, 0.6) is 0 Å². The standard InChI is InChI=1S/C13H22OS/c14-11-7-9-13(10-8-11)15-12-5-3-1-2-4-6-12/h12-13H,1-10H2. The SMILES string of the molecule is O=C1CCC(SC2CCCCCC2)CC1. The average molecular weight is 226 g/mol. The molecule has 0 bridgehead atoms. The van der Waals surface area contributed by atoms with E-state index >= 15 is 0 Å². The van der Waals surface area contributed by atoms with Crippen LogP contribution < -0.4 is 0 Å². The zero-order chi connectivity index (χ0) is 10.5. The number of hydrogen-bond donors (Lipinski definition) is 0. The van der Waals surface area contributed by atoms with Crippen LogP contribution in [0.1, 0.15) is 64.2 Å². The summed E-state index contributed by atoms with van der Waals surface area (Å²) in [5, 5.41) is 1.71. The zero-order valence-electron chi connectivity index (χ0n) is 9.54. The molecule has 0 heterocycles. The van der Waals surface area contributed by atoms with Gasteiger partial charge in [-0.2, -0.15) is 11.8 Å². The van der Waals surface area contributed by atoms with Gasteiger partial charge in [-0.25, -0.2) is 0 Å². The largest absolute Gasteiger partial charge is 0.300 e. The van der Waals surface area contributed by atoms with Crippen LogP contribution in [0.3, 0.4) is 0 Å². The molecular weight excluding hydrogens is 204 g/mol. The number of ketones is 1. The maximum Gasteiger partial charge on any atom is 0.132 e. The first-order valence-electron chi connectivity index (χ1n) is 6.52. The fourth-order valence-corrected chi connectivity index (χ4v) is 4.36. The Morgan fingerprint density at radius 3 is 1.93 bits per heavy atom. The lowest BCUT2D eigenvalue weighted by atomic mass is 9.99. The van der Waals surface area contributed by atoms with E-state index in [2.05, 4.69) is 11.8 Å². The number of hydrogen-bond acceptors (Lipinski definition) is 2. The number of carbonyl (C=O) groups is 1. The topological polar surface area (TPSA) is 17.1 Å². The van der Waals surface area contributed by atoms with Crippen molar-refractivity contribution in [3.05, 3.63) is 0 Å². The van der Waals surface area contributed by atoms with Gasteiger partial charge in [-0.1, -0.05) is 25.7 Å². The summed E-state index contributed by atoms with van der Waals surface area (Å²) in [5.41, 5.74) is 0. The van der Waals surface area contributed by atoms with Crippen molar-refractivity contribution in [3.8, 4) is 0 Å². The molecule has 2 aliphatic carbocycles. The van der Waals surface area contributed by atoms with E-state index in [1.165, 1.54) is 38.5 Å². The van der Waals surface area contributed by atoms with Crippen LogP contribution >= 0.6 is 11.8 Å². The van der Waals surface area contributed by atoms with E-state index in [0.717, 1.165) is 36.2 Å². The van der Waals surface area contributed by atoms with Gasteiger partial charge in [-0.15, -0.1) is 0 Å². The highest BCUT2D eigenvalue weighted by molar-refractivity contribution is 8.00. The maximum absolute atomic E-state index is 11.1. The first-order chi connectivity index (χ1) is 7.34. The Bertz CT molecular complexity index is 197. The van der Waals surface area contributed by atoms with Crippen molar-refractivity contribution in [2.24, 2.45) is 0 Å². The Morgan fingerprint density at radius 2 is 1.33 bits per heavy atom. The summed E-state index contributed by atoms with van der Waals surface area (Å²) in [5.74, 6) is 0.493. The van der Waals surface area contributed by atoms with Crippen molar-refractivity contribution in [2.75, 3.05) is 0 Å². The summed E-state index contributed by atoms with van der Waals surface area (Å²) in [4.78, 5) is 11.1. The molecule has 0 saturated heterocycles. The van der Waals surface area contributed by atoms with Gasteiger partial charge in [0, 0.05) is 23.3 Å². The molecule has 0 aromatic rings. The molecule has 15 heavy (non-hydrogen) atoms. The van der Waals surface area contributed by atoms with Gasteiger partial charge >= 0.3 is 0 Å². The van der Waals surface area contributed by atoms with Crippen molar-refractivity contribution in [1.82, 2.24) is 0 Å². The van der Waals surface area contributed by atoms with Gasteiger partial charge in [-0.3, -0.25) is 4.79 Å². The molecule has 0 amide bonds. The number of Topliss-reactive ketones (excluding diaryl/α,β-unsaturated/α-hetero) is 1. The molecule has 86 valence electrons. The van der Waals surface area contributed by atoms with Crippen LogP contribution in [0, 0.1) is 0 Å². The van der Waals surface area contributed by atoms with Crippen LogP contribution in [-0.4, -0.2) is 16.3 Å². The van der Waals surface area contributed by atoms with Crippen molar-refractivity contribution in [3.63, 3.8) is 0 Å². The predicted molar refractivity (Wildman–Crippen MR) is 66.3 cm³/mol. The third-order valence-electron chi connectivity index (χ3n) is 3.68. The number of carbonyl (C=O) groups excluding carboxylic acids is 1. The Hall–Kier alpha value is 0.0200. The third kappa shape index (κ3) is 3.82. The predicted octanol–water partition coefficient (Wildman–Crippen LogP) is 3.95. The van der Waals surface area contributed by atoms with Gasteiger partial charge in [0.15, 0.2) is 0 Å². The van der Waals surface area contributed by atoms with E-state index in [-0.39, 0.29) is 0 Å². The average Bonchev–Trinajstić information content (AvgIpc) is 2.50. The minimum Gasteiger partial charge on any atom is -0.300 e. The van der Waals surface area contributed by atoms with Gasteiger partial charge < -0.3 is 0 Å². The van der Waals surface area contributed by atoms with Crippen molar-refractivity contribution >= 4 is 17.5 Å². The van der Waals surface area contributed by atoms with E-state index in [4.69, 9.17) is 0 Å². The highest BCUT2D eigenvalue weighted by atomic mass is 32.2. The second-order valence-corrected chi connectivity index (χ2v) is 6.59. The van der Waals surface area contributed by atoms with Crippen LogP contribution in [0.15, 0.2) is 0 Å². The van der Waals surface area contributed by atoms with Crippen molar-refractivity contribution < 1.29 is 4.79 Å². The lowest BCUT2D eigenvalue weighted by Crippen LogP contribution is -2.18. The number of thioether (sulfide) groups is 1. The molecule has 2 fully saturated rings. The van der Waals surface area contributed by atoms with E-state index in [9.17, 15) is 4.79 Å². The highest BCUT2D eigenvalue weighted by Gasteiger charge is 2.23. The molecule has 0 N–H and O–H groups in total. The van der Waals surface area contributed by atoms with Crippen LogP contribution in [0.4, 0.5) is 0 Å². The second kappa shape index (κ2) is 5.93. The molecule has 0 aromatic heterocycles. The quantitative estimate of drug-likeness (QED) is 0.663. The molecule has 2 heteroatoms. The molecule has 2 saturated carbocycles. The second-order valence-electron chi connectivity index (χ2n) is 4.99. The lowest BCUT2D eigenvalue weighted by Gasteiger charge is -2.25. The maximum atomic E-state index is 11.1. The molecule has 1 nitrogen and oxygen atoms in total. The Balaban J connectivity index is 1.73. The summed E-state index contributed by atoms with van der Waals surface area (Å²) in [7, 11) is 0. The first-order valence-corrected chi connectivity index (χ1v) is 7.46. The molecule has 0 spiro atoms. The fraction of sp³-hybridized carbons (Fsp3) is 0.923. The van der Waals surface area contributed by atoms with Crippen molar-refractivity contribution in [1.29, 1.82) is 0 Å². The Kier molecular flexibility index (Phi) is 4.55. The minimum absolute atomic E-state index is 0.493. The van der Waals surface area contributed by atoms with Gasteiger partial charge in [0.2, 0.25) is 0 Å². The van der Waals surface area contributed by atoms with Crippen LogP contribution in [-0.2, 0) is 4.79 Å². The molecular formula is C13H22OS. The van der Waals surface area contributed by atoms with E-state index < -0.39 is 0 Å². The van der Waals surface area contributed by atoms with Crippen molar-refractivity contribution in [2.45, 2.75) is 74.7 Å². The Labute approximate surface area is 97.4 Å². The molecule has 0 atom stereocenters. The van der Waals surface area contributed by atoms with E-state index in [0.29, 0.717) is 5.78 Å². The molecule has 0 unspecified atom stereocenters. The molecule has 0 aromatic carbocycles. The summed E-state index contributed by atoms with van der Waals surface area (Å²) in [6.45, 7) is 0. The lowest BCUT2D eigenvalue weighted by molar-refractivity contribution is -0.120. The summed E-state index contributed by atoms with van der Waals surface area (Å²) in [6.07, 6.45) is 12.6. The van der Waals surface area contributed by atoms with E-state index in [1.54, 1.807) is 0 Å². The molecule has 2 aliphatic rings. The van der Waals surface area contributed by atoms with Gasteiger partial charge in [0.1, 0.15) is 5.78 Å².